The number of allylic oxidation sites excluding steroid dienone is 5. The van der Waals surface area contributed by atoms with E-state index in [0.717, 1.165) is 44.9 Å². The van der Waals surface area contributed by atoms with Crippen molar-refractivity contribution < 1.29 is 20.1 Å². The molecule has 0 heterocycles. The molecule has 0 aliphatic rings. The van der Waals surface area contributed by atoms with Crippen molar-refractivity contribution in [3.05, 3.63) is 36.5 Å². The molecule has 0 spiro atoms. The van der Waals surface area contributed by atoms with Crippen LogP contribution in [0, 0.1) is 0 Å². The largest absolute Gasteiger partial charge is 0.394 e. The topological polar surface area (TPSA) is 89.8 Å². The standard InChI is InChI=1S/C51H97NO4/c1-3-5-7-9-11-13-15-17-19-21-23-25-26-28-29-31-33-35-37-39-41-43-45-49(54)48(47-53)52-51(56)50(55)46-44-42-40-38-36-34-32-30-27-24-22-20-18-16-14-12-10-8-6-4-2/h28-29,35,37,43,45,48-50,53-55H,3-27,30-34,36,38-42,44,46-47H2,1-2H3,(H,52,56)/b29-28+,37-35+,45-43+. The monoisotopic (exact) mass is 788 g/mol. The maximum Gasteiger partial charge on any atom is 0.249 e. The smallest absolute Gasteiger partial charge is 0.249 e. The summed E-state index contributed by atoms with van der Waals surface area (Å²) in [6, 6.07) is -0.819. The Morgan fingerprint density at radius 1 is 0.429 bits per heavy atom. The third-order valence-electron chi connectivity index (χ3n) is 11.5. The molecule has 3 unspecified atom stereocenters. The van der Waals surface area contributed by atoms with E-state index >= 15 is 0 Å². The molecule has 0 aromatic rings. The average Bonchev–Trinajstić information content (AvgIpc) is 3.20. The van der Waals surface area contributed by atoms with Crippen LogP contribution in [0.25, 0.3) is 0 Å². The molecule has 0 aromatic heterocycles. The molecule has 56 heavy (non-hydrogen) atoms. The third kappa shape index (κ3) is 40.8. The Kier molecular flexibility index (Phi) is 45.1. The normalized spacial score (nSPS) is 13.7. The quantitative estimate of drug-likeness (QED) is 0.0365. The van der Waals surface area contributed by atoms with Gasteiger partial charge in [-0.25, -0.2) is 0 Å². The molecule has 5 nitrogen and oxygen atoms in total. The van der Waals surface area contributed by atoms with Crippen molar-refractivity contribution in [2.75, 3.05) is 6.61 Å². The molecule has 0 saturated carbocycles. The second-order valence-electron chi connectivity index (χ2n) is 17.0. The van der Waals surface area contributed by atoms with Crippen molar-refractivity contribution in [3.8, 4) is 0 Å². The molecule has 0 aliphatic heterocycles. The summed E-state index contributed by atoms with van der Waals surface area (Å²) >= 11 is 0. The maximum atomic E-state index is 12.5. The van der Waals surface area contributed by atoms with Crippen molar-refractivity contribution in [3.63, 3.8) is 0 Å². The Morgan fingerprint density at radius 3 is 1.09 bits per heavy atom. The van der Waals surface area contributed by atoms with Gasteiger partial charge in [-0.3, -0.25) is 4.79 Å². The molecular weight excluding hydrogens is 691 g/mol. The van der Waals surface area contributed by atoms with E-state index in [1.54, 1.807) is 6.08 Å². The number of amides is 1. The number of hydrogen-bond donors (Lipinski definition) is 4. The van der Waals surface area contributed by atoms with Crippen LogP contribution < -0.4 is 5.32 Å². The Morgan fingerprint density at radius 2 is 0.732 bits per heavy atom. The van der Waals surface area contributed by atoms with E-state index in [0.29, 0.717) is 6.42 Å². The lowest BCUT2D eigenvalue weighted by Gasteiger charge is -2.21. The van der Waals surface area contributed by atoms with Crippen LogP contribution in [0.5, 0.6) is 0 Å². The zero-order valence-corrected chi connectivity index (χ0v) is 37.5. The summed E-state index contributed by atoms with van der Waals surface area (Å²) in [5, 5.41) is 33.2. The lowest BCUT2D eigenvalue weighted by atomic mass is 10.0. The molecule has 0 fully saturated rings. The number of nitrogens with one attached hydrogen (secondary N) is 1. The number of carbonyl (C=O) groups excluding carboxylic acids is 1. The zero-order valence-electron chi connectivity index (χ0n) is 37.5. The van der Waals surface area contributed by atoms with Crippen LogP contribution >= 0.6 is 0 Å². The minimum Gasteiger partial charge on any atom is -0.394 e. The second kappa shape index (κ2) is 46.3. The molecule has 0 aromatic carbocycles. The minimum atomic E-state index is -1.11. The van der Waals surface area contributed by atoms with E-state index < -0.39 is 24.2 Å². The summed E-state index contributed by atoms with van der Waals surface area (Å²) < 4.78 is 0. The summed E-state index contributed by atoms with van der Waals surface area (Å²) in [6.07, 6.45) is 59.1. The van der Waals surface area contributed by atoms with Gasteiger partial charge in [-0.15, -0.1) is 0 Å². The molecule has 0 saturated heterocycles. The van der Waals surface area contributed by atoms with Crippen molar-refractivity contribution >= 4 is 5.91 Å². The van der Waals surface area contributed by atoms with E-state index in [1.165, 1.54) is 193 Å². The van der Waals surface area contributed by atoms with Crippen LogP contribution in [-0.4, -0.2) is 46.1 Å². The number of unbranched alkanes of at least 4 members (excludes halogenated alkanes) is 33. The van der Waals surface area contributed by atoms with Crippen LogP contribution in [-0.2, 0) is 4.79 Å². The van der Waals surface area contributed by atoms with E-state index in [-0.39, 0.29) is 6.61 Å². The minimum absolute atomic E-state index is 0.379. The predicted molar refractivity (Wildman–Crippen MR) is 245 cm³/mol. The summed E-state index contributed by atoms with van der Waals surface area (Å²) in [4.78, 5) is 12.5. The molecule has 0 bridgehead atoms. The summed E-state index contributed by atoms with van der Waals surface area (Å²) in [6.45, 7) is 4.19. The first-order valence-electron chi connectivity index (χ1n) is 24.8. The van der Waals surface area contributed by atoms with Gasteiger partial charge in [0.05, 0.1) is 18.8 Å². The number of rotatable bonds is 45. The summed E-state index contributed by atoms with van der Waals surface area (Å²) in [5.74, 6) is -0.514. The van der Waals surface area contributed by atoms with Gasteiger partial charge in [0.15, 0.2) is 0 Å². The molecule has 0 aliphatic carbocycles. The number of carbonyl (C=O) groups is 1. The van der Waals surface area contributed by atoms with Crippen LogP contribution in [0.1, 0.15) is 258 Å². The van der Waals surface area contributed by atoms with Gasteiger partial charge in [0.25, 0.3) is 0 Å². The summed E-state index contributed by atoms with van der Waals surface area (Å²) in [5.41, 5.74) is 0. The van der Waals surface area contributed by atoms with E-state index in [2.05, 4.69) is 43.5 Å². The van der Waals surface area contributed by atoms with Crippen molar-refractivity contribution in [2.24, 2.45) is 0 Å². The van der Waals surface area contributed by atoms with Gasteiger partial charge in [0.1, 0.15) is 6.10 Å². The molecule has 4 N–H and O–H groups in total. The fourth-order valence-electron chi connectivity index (χ4n) is 7.57. The van der Waals surface area contributed by atoms with Gasteiger partial charge in [0, 0.05) is 0 Å². The predicted octanol–water partition coefficient (Wildman–Crippen LogP) is 14.7. The highest BCUT2D eigenvalue weighted by molar-refractivity contribution is 5.80. The first kappa shape index (κ1) is 54.6. The molecule has 330 valence electrons. The Bertz CT molecular complexity index is 870. The number of hydrogen-bond acceptors (Lipinski definition) is 4. The molecule has 0 rings (SSSR count). The average molecular weight is 788 g/mol. The summed E-state index contributed by atoms with van der Waals surface area (Å²) in [7, 11) is 0. The second-order valence-corrected chi connectivity index (χ2v) is 17.0. The Labute approximate surface area is 349 Å². The first-order valence-corrected chi connectivity index (χ1v) is 24.8. The third-order valence-corrected chi connectivity index (χ3v) is 11.5. The highest BCUT2D eigenvalue weighted by Gasteiger charge is 2.22. The molecule has 0 radical (unpaired) electrons. The van der Waals surface area contributed by atoms with Gasteiger partial charge in [-0.1, -0.05) is 249 Å². The fourth-order valence-corrected chi connectivity index (χ4v) is 7.57. The van der Waals surface area contributed by atoms with Crippen LogP contribution in [0.2, 0.25) is 0 Å². The van der Waals surface area contributed by atoms with Crippen molar-refractivity contribution in [2.45, 2.75) is 276 Å². The molecule has 1 amide bonds. The Balaban J connectivity index is 3.68. The highest BCUT2D eigenvalue weighted by Crippen LogP contribution is 2.16. The van der Waals surface area contributed by atoms with Gasteiger partial charge in [0.2, 0.25) is 5.91 Å². The fraction of sp³-hybridized carbons (Fsp3) is 0.863. The molecule has 3 atom stereocenters. The number of aliphatic hydroxyl groups excluding tert-OH is 3. The van der Waals surface area contributed by atoms with E-state index in [4.69, 9.17) is 0 Å². The lowest BCUT2D eigenvalue weighted by Crippen LogP contribution is -2.48. The molecule has 5 heteroatoms. The van der Waals surface area contributed by atoms with E-state index in [9.17, 15) is 20.1 Å². The molecular formula is C51H97NO4. The van der Waals surface area contributed by atoms with Crippen LogP contribution in [0.4, 0.5) is 0 Å². The number of aliphatic hydroxyl groups is 3. The Hall–Kier alpha value is -1.43. The first-order chi connectivity index (χ1) is 27.6. The van der Waals surface area contributed by atoms with Gasteiger partial charge >= 0.3 is 0 Å². The lowest BCUT2D eigenvalue weighted by molar-refractivity contribution is -0.131. The van der Waals surface area contributed by atoms with Crippen molar-refractivity contribution in [1.29, 1.82) is 0 Å². The van der Waals surface area contributed by atoms with Gasteiger partial charge in [-0.05, 0) is 44.9 Å². The van der Waals surface area contributed by atoms with Gasteiger partial charge < -0.3 is 20.6 Å². The van der Waals surface area contributed by atoms with E-state index in [1.807, 2.05) is 6.08 Å². The highest BCUT2D eigenvalue weighted by atomic mass is 16.3. The van der Waals surface area contributed by atoms with Crippen molar-refractivity contribution in [1.82, 2.24) is 5.32 Å². The van der Waals surface area contributed by atoms with Crippen LogP contribution in [0.15, 0.2) is 36.5 Å². The van der Waals surface area contributed by atoms with Gasteiger partial charge in [-0.2, -0.15) is 0 Å². The zero-order chi connectivity index (χ0) is 40.8. The maximum absolute atomic E-state index is 12.5. The van der Waals surface area contributed by atoms with Crippen LogP contribution in [0.3, 0.4) is 0 Å². The SMILES string of the molecule is CCCCCCCCCCCCCC/C=C/CC/C=C/CC/C=C/C(O)C(CO)NC(=O)C(O)CCCCCCCCCCCCCCCCCCCCCC.